The molecule has 0 amide bonds. The third-order valence-corrected chi connectivity index (χ3v) is 3.22. The predicted octanol–water partition coefficient (Wildman–Crippen LogP) is 5.39. The van der Waals surface area contributed by atoms with E-state index in [1.807, 2.05) is 36.4 Å². The first-order chi connectivity index (χ1) is 9.69. The molecule has 0 spiro atoms. The van der Waals surface area contributed by atoms with Crippen LogP contribution in [0.3, 0.4) is 0 Å². The third kappa shape index (κ3) is 4.32. The number of nitrogens with one attached hydrogen (secondary N) is 1. The maximum absolute atomic E-state index is 5.98. The second-order valence-electron chi connectivity index (χ2n) is 4.47. The highest BCUT2D eigenvalue weighted by Crippen LogP contribution is 2.24. The van der Waals surface area contributed by atoms with Crippen molar-refractivity contribution in [3.05, 3.63) is 58.1 Å². The molecule has 2 rings (SSSR count). The summed E-state index contributed by atoms with van der Waals surface area (Å²) in [4.78, 5) is 0. The van der Waals surface area contributed by atoms with Gasteiger partial charge in [-0.15, -0.1) is 0 Å². The van der Waals surface area contributed by atoms with Gasteiger partial charge in [-0.2, -0.15) is 0 Å². The van der Waals surface area contributed by atoms with Crippen LogP contribution in [0, 0.1) is 0 Å². The van der Waals surface area contributed by atoms with Crippen LogP contribution < -0.4 is 10.1 Å². The van der Waals surface area contributed by atoms with Crippen LogP contribution in [-0.4, -0.2) is 6.61 Å². The molecule has 0 saturated carbocycles. The second kappa shape index (κ2) is 7.41. The smallest absolute Gasteiger partial charge is 0.124 e. The maximum atomic E-state index is 5.98. The van der Waals surface area contributed by atoms with Crippen molar-refractivity contribution >= 4 is 28.9 Å². The van der Waals surface area contributed by atoms with E-state index in [9.17, 15) is 0 Å². The van der Waals surface area contributed by atoms with Crippen LogP contribution in [0.5, 0.6) is 5.75 Å². The van der Waals surface area contributed by atoms with Gasteiger partial charge in [0.05, 0.1) is 6.61 Å². The van der Waals surface area contributed by atoms with Crippen LogP contribution in [0.15, 0.2) is 42.5 Å². The van der Waals surface area contributed by atoms with Gasteiger partial charge in [-0.1, -0.05) is 48.3 Å². The van der Waals surface area contributed by atoms with Gasteiger partial charge in [0.1, 0.15) is 5.75 Å². The number of anilines is 1. The molecule has 2 aromatic carbocycles. The van der Waals surface area contributed by atoms with Gasteiger partial charge < -0.3 is 10.1 Å². The van der Waals surface area contributed by atoms with Gasteiger partial charge in [0.25, 0.3) is 0 Å². The Kier molecular flexibility index (Phi) is 5.57. The van der Waals surface area contributed by atoms with E-state index < -0.39 is 0 Å². The molecule has 0 heterocycles. The highest BCUT2D eigenvalue weighted by atomic mass is 35.5. The van der Waals surface area contributed by atoms with Gasteiger partial charge >= 0.3 is 0 Å². The number of benzene rings is 2. The SMILES string of the molecule is CCCOc1ccccc1CNc1cc(Cl)cc(Cl)c1. The summed E-state index contributed by atoms with van der Waals surface area (Å²) >= 11 is 12.0. The molecule has 0 aromatic heterocycles. The van der Waals surface area contributed by atoms with Crippen molar-refractivity contribution in [2.24, 2.45) is 0 Å². The lowest BCUT2D eigenvalue weighted by molar-refractivity contribution is 0.314. The van der Waals surface area contributed by atoms with Crippen LogP contribution in [0.4, 0.5) is 5.69 Å². The molecule has 2 nitrogen and oxygen atoms in total. The average Bonchev–Trinajstić information content (AvgIpc) is 2.43. The zero-order chi connectivity index (χ0) is 14.4. The Morgan fingerprint density at radius 1 is 1.05 bits per heavy atom. The van der Waals surface area contributed by atoms with E-state index in [1.165, 1.54) is 0 Å². The summed E-state index contributed by atoms with van der Waals surface area (Å²) in [6, 6.07) is 13.4. The monoisotopic (exact) mass is 309 g/mol. The van der Waals surface area contributed by atoms with E-state index in [1.54, 1.807) is 6.07 Å². The highest BCUT2D eigenvalue weighted by molar-refractivity contribution is 6.35. The summed E-state index contributed by atoms with van der Waals surface area (Å²) in [7, 11) is 0. The summed E-state index contributed by atoms with van der Waals surface area (Å²) in [6.07, 6.45) is 0.992. The lowest BCUT2D eigenvalue weighted by atomic mass is 10.2. The van der Waals surface area contributed by atoms with E-state index in [0.29, 0.717) is 16.6 Å². The van der Waals surface area contributed by atoms with Crippen molar-refractivity contribution in [2.45, 2.75) is 19.9 Å². The van der Waals surface area contributed by atoms with Crippen molar-refractivity contribution in [3.8, 4) is 5.75 Å². The molecule has 106 valence electrons. The summed E-state index contributed by atoms with van der Waals surface area (Å²) in [5.41, 5.74) is 2.00. The Labute approximate surface area is 129 Å². The number of ether oxygens (including phenoxy) is 1. The fourth-order valence-corrected chi connectivity index (χ4v) is 2.38. The van der Waals surface area contributed by atoms with Crippen molar-refractivity contribution in [1.29, 1.82) is 0 Å². The number of hydrogen-bond acceptors (Lipinski definition) is 2. The Morgan fingerprint density at radius 2 is 1.75 bits per heavy atom. The zero-order valence-corrected chi connectivity index (χ0v) is 12.8. The third-order valence-electron chi connectivity index (χ3n) is 2.78. The Hall–Kier alpha value is -1.38. The molecule has 1 N–H and O–H groups in total. The molecular formula is C16H17Cl2NO. The topological polar surface area (TPSA) is 21.3 Å². The number of halogens is 2. The largest absolute Gasteiger partial charge is 0.493 e. The molecule has 0 fully saturated rings. The number of para-hydroxylation sites is 1. The van der Waals surface area contributed by atoms with Crippen LogP contribution in [0.1, 0.15) is 18.9 Å². The maximum Gasteiger partial charge on any atom is 0.124 e. The molecule has 0 atom stereocenters. The van der Waals surface area contributed by atoms with Crippen molar-refractivity contribution in [2.75, 3.05) is 11.9 Å². The van der Waals surface area contributed by atoms with E-state index in [0.717, 1.165) is 30.0 Å². The molecule has 20 heavy (non-hydrogen) atoms. The highest BCUT2D eigenvalue weighted by Gasteiger charge is 2.03. The molecule has 0 bridgehead atoms. The summed E-state index contributed by atoms with van der Waals surface area (Å²) in [6.45, 7) is 3.48. The van der Waals surface area contributed by atoms with Crippen LogP contribution >= 0.6 is 23.2 Å². The Balaban J connectivity index is 2.06. The van der Waals surface area contributed by atoms with Crippen molar-refractivity contribution in [1.82, 2.24) is 0 Å². The molecular weight excluding hydrogens is 293 g/mol. The normalized spacial score (nSPS) is 10.3. The molecule has 0 saturated heterocycles. The first-order valence-corrected chi connectivity index (χ1v) is 7.35. The van der Waals surface area contributed by atoms with Gasteiger partial charge in [-0.25, -0.2) is 0 Å². The van der Waals surface area contributed by atoms with Crippen molar-refractivity contribution < 1.29 is 4.74 Å². The van der Waals surface area contributed by atoms with Crippen LogP contribution in [0.2, 0.25) is 10.0 Å². The molecule has 4 heteroatoms. The first kappa shape index (κ1) is 15.0. The van der Waals surface area contributed by atoms with Gasteiger partial charge in [0.2, 0.25) is 0 Å². The lowest BCUT2D eigenvalue weighted by Crippen LogP contribution is -2.04. The number of rotatable bonds is 6. The second-order valence-corrected chi connectivity index (χ2v) is 5.34. The molecule has 0 aliphatic rings. The van der Waals surface area contributed by atoms with Gasteiger partial charge in [-0.05, 0) is 30.7 Å². The average molecular weight is 310 g/mol. The van der Waals surface area contributed by atoms with Crippen LogP contribution in [0.25, 0.3) is 0 Å². The van der Waals surface area contributed by atoms with Gasteiger partial charge in [0.15, 0.2) is 0 Å². The fourth-order valence-electron chi connectivity index (χ4n) is 1.86. The number of hydrogen-bond donors (Lipinski definition) is 1. The lowest BCUT2D eigenvalue weighted by Gasteiger charge is -2.12. The quantitative estimate of drug-likeness (QED) is 0.772. The standard InChI is InChI=1S/C16H17Cl2NO/c1-2-7-20-16-6-4-3-5-12(16)11-19-15-9-13(17)8-14(18)10-15/h3-6,8-10,19H,2,7,11H2,1H3. The van der Waals surface area contributed by atoms with E-state index in [-0.39, 0.29) is 0 Å². The van der Waals surface area contributed by atoms with E-state index in [2.05, 4.69) is 12.2 Å². The summed E-state index contributed by atoms with van der Waals surface area (Å²) in [5, 5.41) is 4.55. The van der Waals surface area contributed by atoms with Gasteiger partial charge in [0, 0.05) is 27.8 Å². The molecule has 0 radical (unpaired) electrons. The minimum atomic E-state index is 0.621. The predicted molar refractivity (Wildman–Crippen MR) is 86.0 cm³/mol. The fraction of sp³-hybridized carbons (Fsp3) is 0.250. The van der Waals surface area contributed by atoms with Crippen LogP contribution in [-0.2, 0) is 6.54 Å². The summed E-state index contributed by atoms with van der Waals surface area (Å²) in [5.74, 6) is 0.912. The summed E-state index contributed by atoms with van der Waals surface area (Å²) < 4.78 is 5.73. The molecule has 2 aromatic rings. The zero-order valence-electron chi connectivity index (χ0n) is 11.3. The molecule has 0 aliphatic carbocycles. The Bertz CT molecular complexity index is 552. The minimum Gasteiger partial charge on any atom is -0.493 e. The van der Waals surface area contributed by atoms with E-state index >= 15 is 0 Å². The van der Waals surface area contributed by atoms with Crippen molar-refractivity contribution in [3.63, 3.8) is 0 Å². The minimum absolute atomic E-state index is 0.621. The van der Waals surface area contributed by atoms with Gasteiger partial charge in [-0.3, -0.25) is 0 Å². The molecule has 0 unspecified atom stereocenters. The first-order valence-electron chi connectivity index (χ1n) is 6.59. The molecule has 0 aliphatic heterocycles. The van der Waals surface area contributed by atoms with E-state index in [4.69, 9.17) is 27.9 Å². The Morgan fingerprint density at radius 3 is 2.45 bits per heavy atom.